The molecule has 8 nitrogen and oxygen atoms in total. The number of ether oxygens (including phenoxy) is 1. The van der Waals surface area contributed by atoms with Crippen molar-refractivity contribution in [3.63, 3.8) is 0 Å². The van der Waals surface area contributed by atoms with Crippen LogP contribution in [0.15, 0.2) is 61.2 Å². The zero-order chi connectivity index (χ0) is 32.4. The average Bonchev–Trinajstić information content (AvgIpc) is 3.65. The smallest absolute Gasteiger partial charge is 0.192 e. The number of hydrogen-bond acceptors (Lipinski definition) is 7. The lowest BCUT2D eigenvalue weighted by Crippen LogP contribution is -2.48. The van der Waals surface area contributed by atoms with E-state index in [4.69, 9.17) is 23.6 Å². The van der Waals surface area contributed by atoms with Gasteiger partial charge in [0.05, 0.1) is 25.1 Å². The summed E-state index contributed by atoms with van der Waals surface area (Å²) in [6.07, 6.45) is 3.64. The third-order valence-corrected chi connectivity index (χ3v) is 19.6. The summed E-state index contributed by atoms with van der Waals surface area (Å²) in [5.41, 5.74) is 6.44. The number of benzene rings is 2. The topological polar surface area (TPSA) is 83.3 Å². The predicted octanol–water partition coefficient (Wildman–Crippen LogP) is 8.71. The minimum atomic E-state index is -2.06. The molecule has 3 atom stereocenters. The molecule has 1 saturated heterocycles. The zero-order valence-electron chi connectivity index (χ0n) is 28.5. The minimum absolute atomic E-state index is 0.0254. The fourth-order valence-corrected chi connectivity index (χ4v) is 8.20. The molecule has 3 heterocycles. The molecule has 4 aromatic rings. The molecule has 45 heavy (non-hydrogen) atoms. The van der Waals surface area contributed by atoms with E-state index in [0.29, 0.717) is 18.8 Å². The first-order valence-electron chi connectivity index (χ1n) is 16.2. The average molecular weight is 644 g/mol. The standard InChI is InChI=1S/C35H49N5O3Si2/c1-34(2,3)44(7,8)41-20-28-27(43-45(9,10)35(4,5)6)19-29(42-28)40-22-38-31-32(36-21-37-33(31)40)39-30-25-17-13-11-15-23(25)24-16-12-14-18-26(24)30/h11-18,21-22,27-30H,19-20H2,1-10H3,(H,36,37,39)/t27-,28+,29+/m0/s1. The van der Waals surface area contributed by atoms with Crippen molar-refractivity contribution in [3.8, 4) is 11.1 Å². The predicted molar refractivity (Wildman–Crippen MR) is 186 cm³/mol. The van der Waals surface area contributed by atoms with E-state index in [1.165, 1.54) is 22.3 Å². The maximum atomic E-state index is 7.02. The molecule has 1 fully saturated rings. The summed E-state index contributed by atoms with van der Waals surface area (Å²) in [4.78, 5) is 14.2. The van der Waals surface area contributed by atoms with Crippen LogP contribution in [0.25, 0.3) is 22.3 Å². The van der Waals surface area contributed by atoms with Gasteiger partial charge in [0.1, 0.15) is 18.7 Å². The SMILES string of the molecule is CC(C)(C)[Si](C)(C)OC[C@H]1O[C@@H](n2cnc3c(NC4c5ccccc5-c5ccccc54)ncnc32)C[C@@H]1O[Si](C)(C)C(C)(C)C. The van der Waals surface area contributed by atoms with Crippen molar-refractivity contribution in [1.82, 2.24) is 19.5 Å². The van der Waals surface area contributed by atoms with Crippen molar-refractivity contribution in [2.24, 2.45) is 0 Å². The number of anilines is 1. The van der Waals surface area contributed by atoms with Gasteiger partial charge in [-0.25, -0.2) is 15.0 Å². The highest BCUT2D eigenvalue weighted by Gasteiger charge is 2.47. The normalized spacial score (nSPS) is 20.9. The van der Waals surface area contributed by atoms with Crippen LogP contribution in [0, 0.1) is 0 Å². The number of imidazole rings is 1. The summed E-state index contributed by atoms with van der Waals surface area (Å²) >= 11 is 0. The van der Waals surface area contributed by atoms with E-state index in [2.05, 4.69) is 127 Å². The largest absolute Gasteiger partial charge is 0.414 e. The van der Waals surface area contributed by atoms with Gasteiger partial charge >= 0.3 is 0 Å². The van der Waals surface area contributed by atoms with Crippen LogP contribution >= 0.6 is 0 Å². The zero-order valence-corrected chi connectivity index (χ0v) is 30.5. The van der Waals surface area contributed by atoms with Crippen molar-refractivity contribution >= 4 is 33.6 Å². The lowest BCUT2D eigenvalue weighted by molar-refractivity contribution is -0.0383. The summed E-state index contributed by atoms with van der Waals surface area (Å²) in [6, 6.07) is 17.1. The van der Waals surface area contributed by atoms with Crippen LogP contribution in [0.1, 0.15) is 71.4 Å². The van der Waals surface area contributed by atoms with Crippen molar-refractivity contribution in [1.29, 1.82) is 0 Å². The van der Waals surface area contributed by atoms with E-state index < -0.39 is 16.6 Å². The van der Waals surface area contributed by atoms with Crippen molar-refractivity contribution in [3.05, 3.63) is 72.3 Å². The van der Waals surface area contributed by atoms with E-state index >= 15 is 0 Å². The molecule has 2 aromatic carbocycles. The van der Waals surface area contributed by atoms with E-state index in [0.717, 1.165) is 11.2 Å². The third-order valence-electron chi connectivity index (χ3n) is 10.6. The van der Waals surface area contributed by atoms with Gasteiger partial charge < -0.3 is 18.9 Å². The van der Waals surface area contributed by atoms with Crippen LogP contribution in [0.3, 0.4) is 0 Å². The van der Waals surface area contributed by atoms with Crippen molar-refractivity contribution in [2.45, 2.75) is 109 Å². The number of nitrogens with one attached hydrogen (secondary N) is 1. The molecule has 1 aliphatic carbocycles. The number of hydrogen-bond donors (Lipinski definition) is 1. The molecule has 0 unspecified atom stereocenters. The number of rotatable bonds is 8. The molecule has 2 aliphatic rings. The molecular formula is C35H49N5O3Si2. The highest BCUT2D eigenvalue weighted by Crippen LogP contribution is 2.46. The molecule has 2 aromatic heterocycles. The van der Waals surface area contributed by atoms with Crippen LogP contribution in [-0.4, -0.2) is 55.0 Å². The first-order valence-corrected chi connectivity index (χ1v) is 22.0. The van der Waals surface area contributed by atoms with Gasteiger partial charge in [-0.05, 0) is 58.5 Å². The van der Waals surface area contributed by atoms with Gasteiger partial charge in [-0.3, -0.25) is 4.57 Å². The maximum Gasteiger partial charge on any atom is 0.192 e. The monoisotopic (exact) mass is 643 g/mol. The summed E-state index contributed by atoms with van der Waals surface area (Å²) in [7, 11) is -4.04. The van der Waals surface area contributed by atoms with Crippen LogP contribution in [0.2, 0.25) is 36.3 Å². The lowest BCUT2D eigenvalue weighted by atomic mass is 10.1. The second-order valence-electron chi connectivity index (χ2n) is 15.7. The summed E-state index contributed by atoms with van der Waals surface area (Å²) in [5, 5.41) is 3.91. The van der Waals surface area contributed by atoms with Crippen LogP contribution in [0.4, 0.5) is 5.82 Å². The molecule has 1 N–H and O–H groups in total. The number of aromatic nitrogens is 4. The van der Waals surface area contributed by atoms with Crippen LogP contribution < -0.4 is 5.32 Å². The Labute approximate surface area is 270 Å². The third kappa shape index (κ3) is 5.91. The molecule has 6 rings (SSSR count). The van der Waals surface area contributed by atoms with Gasteiger partial charge in [0, 0.05) is 6.42 Å². The van der Waals surface area contributed by atoms with Crippen molar-refractivity contribution in [2.75, 3.05) is 11.9 Å². The summed E-state index contributed by atoms with van der Waals surface area (Å²) < 4.78 is 22.6. The highest BCUT2D eigenvalue weighted by atomic mass is 28.4. The Bertz CT molecular complexity index is 1650. The lowest BCUT2D eigenvalue weighted by Gasteiger charge is -2.40. The van der Waals surface area contributed by atoms with Gasteiger partial charge in [-0.15, -0.1) is 0 Å². The fourth-order valence-electron chi connectivity index (χ4n) is 5.82. The maximum absolute atomic E-state index is 7.02. The summed E-state index contributed by atoms with van der Waals surface area (Å²) in [5.74, 6) is 0.708. The van der Waals surface area contributed by atoms with Gasteiger partial charge in [0.25, 0.3) is 0 Å². The van der Waals surface area contributed by atoms with Crippen molar-refractivity contribution < 1.29 is 13.6 Å². The minimum Gasteiger partial charge on any atom is -0.414 e. The molecule has 0 radical (unpaired) electrons. The summed E-state index contributed by atoms with van der Waals surface area (Å²) in [6.45, 7) is 23.4. The molecule has 240 valence electrons. The first kappa shape index (κ1) is 32.1. The van der Waals surface area contributed by atoms with Crippen LogP contribution in [0.5, 0.6) is 0 Å². The molecule has 0 bridgehead atoms. The fraction of sp³-hybridized carbons (Fsp3) is 0.514. The van der Waals surface area contributed by atoms with E-state index in [1.54, 1.807) is 6.33 Å². The molecule has 1 aliphatic heterocycles. The molecule has 0 amide bonds. The Kier molecular flexibility index (Phi) is 8.13. The van der Waals surface area contributed by atoms with E-state index in [1.807, 2.05) is 10.9 Å². The Hall–Kier alpha value is -2.90. The molecule has 0 spiro atoms. The van der Waals surface area contributed by atoms with Crippen LogP contribution in [-0.2, 0) is 13.6 Å². The van der Waals surface area contributed by atoms with Gasteiger partial charge in [0.15, 0.2) is 33.6 Å². The van der Waals surface area contributed by atoms with Gasteiger partial charge in [-0.1, -0.05) is 90.1 Å². The second-order valence-corrected chi connectivity index (χ2v) is 25.2. The second kappa shape index (κ2) is 11.4. The number of fused-ring (bicyclic) bond motifs is 4. The molecule has 10 heteroatoms. The van der Waals surface area contributed by atoms with Gasteiger partial charge in [-0.2, -0.15) is 0 Å². The Morgan fingerprint density at radius 3 is 2.04 bits per heavy atom. The van der Waals surface area contributed by atoms with Gasteiger partial charge in [0.2, 0.25) is 0 Å². The Morgan fingerprint density at radius 1 is 0.844 bits per heavy atom. The molecular weight excluding hydrogens is 595 g/mol. The van der Waals surface area contributed by atoms with E-state index in [-0.39, 0.29) is 34.6 Å². The first-order chi connectivity index (χ1) is 21.1. The Morgan fingerprint density at radius 2 is 1.44 bits per heavy atom. The molecule has 0 saturated carbocycles. The van der Waals surface area contributed by atoms with E-state index in [9.17, 15) is 0 Å². The Balaban J connectivity index is 1.29. The quantitative estimate of drug-likeness (QED) is 0.192. The highest BCUT2D eigenvalue weighted by molar-refractivity contribution is 6.74. The number of nitrogens with zero attached hydrogens (tertiary/aromatic N) is 4.